The number of para-hydroxylation sites is 2. The molecule has 0 aliphatic carbocycles. The van der Waals surface area contributed by atoms with Gasteiger partial charge >= 0.3 is 0 Å². The number of nitrogens with zero attached hydrogens (tertiary/aromatic N) is 4. The standard InChI is InChI=1S/C23H40N6O/c1-5-24-23(25-17-19(3)28-15-13-27(6-2)14-16-28)26-20-11-12-29(18-20)21-9-7-8-10-22(21)30-4/h7-10,19-20H,5-6,11-18H2,1-4H3,(H2,24,25,26). The van der Waals surface area contributed by atoms with E-state index in [2.05, 4.69) is 58.2 Å². The molecule has 2 fully saturated rings. The average molecular weight is 417 g/mol. The minimum absolute atomic E-state index is 0.385. The summed E-state index contributed by atoms with van der Waals surface area (Å²) in [7, 11) is 1.74. The molecule has 0 aromatic heterocycles. The molecule has 2 atom stereocenters. The molecule has 0 saturated carbocycles. The number of anilines is 1. The highest BCUT2D eigenvalue weighted by Crippen LogP contribution is 2.30. The zero-order valence-electron chi connectivity index (χ0n) is 19.2. The van der Waals surface area contributed by atoms with E-state index in [0.29, 0.717) is 12.1 Å². The molecule has 3 rings (SSSR count). The van der Waals surface area contributed by atoms with Crippen molar-refractivity contribution in [3.8, 4) is 5.75 Å². The van der Waals surface area contributed by atoms with Crippen LogP contribution in [0.1, 0.15) is 27.2 Å². The third-order valence-electron chi connectivity index (χ3n) is 6.29. The van der Waals surface area contributed by atoms with Crippen LogP contribution >= 0.6 is 0 Å². The Morgan fingerprint density at radius 2 is 1.93 bits per heavy atom. The van der Waals surface area contributed by atoms with Crippen LogP contribution in [0.15, 0.2) is 29.3 Å². The van der Waals surface area contributed by atoms with Gasteiger partial charge in [-0.1, -0.05) is 19.1 Å². The lowest BCUT2D eigenvalue weighted by molar-refractivity contribution is 0.109. The molecule has 0 radical (unpaired) electrons. The Morgan fingerprint density at radius 1 is 1.17 bits per heavy atom. The Labute approximate surface area is 182 Å². The number of nitrogens with one attached hydrogen (secondary N) is 2. The Hall–Kier alpha value is -1.99. The third-order valence-corrected chi connectivity index (χ3v) is 6.29. The highest BCUT2D eigenvalue weighted by molar-refractivity contribution is 5.80. The fraction of sp³-hybridized carbons (Fsp3) is 0.696. The van der Waals surface area contributed by atoms with Gasteiger partial charge in [-0.25, -0.2) is 0 Å². The van der Waals surface area contributed by atoms with E-state index in [9.17, 15) is 0 Å². The lowest BCUT2D eigenvalue weighted by atomic mass is 10.2. The molecule has 2 aliphatic heterocycles. The predicted molar refractivity (Wildman–Crippen MR) is 126 cm³/mol. The molecule has 168 valence electrons. The minimum Gasteiger partial charge on any atom is -0.495 e. The van der Waals surface area contributed by atoms with Gasteiger partial charge in [-0.15, -0.1) is 0 Å². The average Bonchev–Trinajstić information content (AvgIpc) is 3.25. The Morgan fingerprint density at radius 3 is 2.63 bits per heavy atom. The second-order valence-corrected chi connectivity index (χ2v) is 8.29. The summed E-state index contributed by atoms with van der Waals surface area (Å²) in [5.74, 6) is 1.87. The van der Waals surface area contributed by atoms with E-state index in [4.69, 9.17) is 9.73 Å². The summed E-state index contributed by atoms with van der Waals surface area (Å²) >= 11 is 0. The molecule has 2 aliphatic rings. The van der Waals surface area contributed by atoms with Crippen molar-refractivity contribution in [2.45, 2.75) is 39.3 Å². The number of hydrogen-bond donors (Lipinski definition) is 2. The van der Waals surface area contributed by atoms with E-state index in [1.807, 2.05) is 12.1 Å². The van der Waals surface area contributed by atoms with Crippen LogP contribution in [0.5, 0.6) is 5.75 Å². The molecule has 2 saturated heterocycles. The molecule has 1 aromatic rings. The topological polar surface area (TPSA) is 55.4 Å². The van der Waals surface area contributed by atoms with Crippen molar-refractivity contribution < 1.29 is 4.74 Å². The van der Waals surface area contributed by atoms with Crippen LogP contribution in [0.2, 0.25) is 0 Å². The van der Waals surface area contributed by atoms with Gasteiger partial charge in [-0.05, 0) is 38.9 Å². The first-order chi connectivity index (χ1) is 14.6. The van der Waals surface area contributed by atoms with Crippen molar-refractivity contribution in [2.75, 3.05) is 70.9 Å². The quantitative estimate of drug-likeness (QED) is 0.498. The number of aliphatic imine (C=N–C) groups is 1. The summed E-state index contributed by atoms with van der Waals surface area (Å²) in [5, 5.41) is 7.09. The van der Waals surface area contributed by atoms with Gasteiger partial charge in [0, 0.05) is 57.9 Å². The highest BCUT2D eigenvalue weighted by Gasteiger charge is 2.25. The second-order valence-electron chi connectivity index (χ2n) is 8.29. The number of methoxy groups -OCH3 is 1. The molecule has 0 amide bonds. The van der Waals surface area contributed by atoms with E-state index in [1.54, 1.807) is 7.11 Å². The van der Waals surface area contributed by atoms with Gasteiger partial charge in [-0.3, -0.25) is 9.89 Å². The first-order valence-electron chi connectivity index (χ1n) is 11.5. The molecule has 1 aromatic carbocycles. The highest BCUT2D eigenvalue weighted by atomic mass is 16.5. The zero-order chi connectivity index (χ0) is 21.3. The first-order valence-corrected chi connectivity index (χ1v) is 11.5. The number of likely N-dealkylation sites (N-methyl/N-ethyl adjacent to an activating group) is 1. The van der Waals surface area contributed by atoms with E-state index >= 15 is 0 Å². The van der Waals surface area contributed by atoms with Gasteiger partial charge in [0.1, 0.15) is 5.75 Å². The normalized spacial score (nSPS) is 22.2. The predicted octanol–water partition coefficient (Wildman–Crippen LogP) is 1.86. The fourth-order valence-corrected chi connectivity index (χ4v) is 4.36. The van der Waals surface area contributed by atoms with Crippen LogP contribution in [0.4, 0.5) is 5.69 Å². The molecule has 2 unspecified atom stereocenters. The molecule has 7 nitrogen and oxygen atoms in total. The maximum Gasteiger partial charge on any atom is 0.191 e. The van der Waals surface area contributed by atoms with Crippen LogP contribution in [-0.2, 0) is 0 Å². The number of hydrogen-bond acceptors (Lipinski definition) is 5. The number of piperazine rings is 1. The van der Waals surface area contributed by atoms with E-state index in [-0.39, 0.29) is 0 Å². The summed E-state index contributed by atoms with van der Waals surface area (Å²) in [4.78, 5) is 12.4. The Kier molecular flexibility index (Phi) is 8.63. The number of rotatable bonds is 8. The molecule has 2 heterocycles. The summed E-state index contributed by atoms with van der Waals surface area (Å²) in [6, 6.07) is 9.12. The molecular formula is C23H40N6O. The fourth-order valence-electron chi connectivity index (χ4n) is 4.36. The van der Waals surface area contributed by atoms with E-state index in [0.717, 1.165) is 63.9 Å². The van der Waals surface area contributed by atoms with Crippen molar-refractivity contribution in [3.05, 3.63) is 24.3 Å². The maximum atomic E-state index is 5.54. The molecule has 7 heteroatoms. The van der Waals surface area contributed by atoms with E-state index < -0.39 is 0 Å². The van der Waals surface area contributed by atoms with Crippen LogP contribution in [0, 0.1) is 0 Å². The van der Waals surface area contributed by atoms with Crippen molar-refractivity contribution in [3.63, 3.8) is 0 Å². The maximum absolute atomic E-state index is 5.54. The number of benzene rings is 1. The van der Waals surface area contributed by atoms with Crippen molar-refractivity contribution >= 4 is 11.6 Å². The van der Waals surface area contributed by atoms with Gasteiger partial charge in [0.25, 0.3) is 0 Å². The van der Waals surface area contributed by atoms with Crippen LogP contribution < -0.4 is 20.3 Å². The monoisotopic (exact) mass is 416 g/mol. The van der Waals surface area contributed by atoms with Crippen molar-refractivity contribution in [2.24, 2.45) is 4.99 Å². The number of guanidine groups is 1. The van der Waals surface area contributed by atoms with E-state index in [1.165, 1.54) is 18.8 Å². The van der Waals surface area contributed by atoms with Gasteiger partial charge in [-0.2, -0.15) is 0 Å². The van der Waals surface area contributed by atoms with Crippen LogP contribution in [-0.4, -0.2) is 93.9 Å². The number of ether oxygens (including phenoxy) is 1. The third kappa shape index (κ3) is 6.01. The zero-order valence-corrected chi connectivity index (χ0v) is 19.2. The van der Waals surface area contributed by atoms with Gasteiger partial charge in [0.15, 0.2) is 5.96 Å². The van der Waals surface area contributed by atoms with Gasteiger partial charge in [0.2, 0.25) is 0 Å². The molecule has 0 spiro atoms. The summed E-state index contributed by atoms with van der Waals surface area (Å²) < 4.78 is 5.54. The van der Waals surface area contributed by atoms with Gasteiger partial charge < -0.3 is 25.2 Å². The molecule has 0 bridgehead atoms. The summed E-state index contributed by atoms with van der Waals surface area (Å²) in [5.41, 5.74) is 1.17. The SMILES string of the molecule is CCNC(=NCC(C)N1CCN(CC)CC1)NC1CCN(c2ccccc2OC)C1. The largest absolute Gasteiger partial charge is 0.495 e. The van der Waals surface area contributed by atoms with Gasteiger partial charge in [0.05, 0.1) is 19.3 Å². The molecular weight excluding hydrogens is 376 g/mol. The Balaban J connectivity index is 1.52. The lowest BCUT2D eigenvalue weighted by Crippen LogP contribution is -2.50. The molecule has 2 N–H and O–H groups in total. The van der Waals surface area contributed by atoms with Crippen LogP contribution in [0.3, 0.4) is 0 Å². The smallest absolute Gasteiger partial charge is 0.191 e. The second kappa shape index (κ2) is 11.4. The summed E-state index contributed by atoms with van der Waals surface area (Å²) in [6.45, 7) is 16.1. The minimum atomic E-state index is 0.385. The van der Waals surface area contributed by atoms with Crippen LogP contribution in [0.25, 0.3) is 0 Å². The van der Waals surface area contributed by atoms with Crippen molar-refractivity contribution in [1.29, 1.82) is 0 Å². The molecule has 30 heavy (non-hydrogen) atoms. The van der Waals surface area contributed by atoms with Crippen molar-refractivity contribution in [1.82, 2.24) is 20.4 Å². The first kappa shape index (κ1) is 22.7. The Bertz CT molecular complexity index is 673. The summed E-state index contributed by atoms with van der Waals surface area (Å²) in [6.07, 6.45) is 1.09. The lowest BCUT2D eigenvalue weighted by Gasteiger charge is -2.37.